The Kier molecular flexibility index (Phi) is 5.03. The van der Waals surface area contributed by atoms with Crippen LogP contribution in [0.3, 0.4) is 0 Å². The van der Waals surface area contributed by atoms with Gasteiger partial charge in [0.05, 0.1) is 19.1 Å². The molecule has 0 aliphatic carbocycles. The summed E-state index contributed by atoms with van der Waals surface area (Å²) in [6.45, 7) is 3.78. The summed E-state index contributed by atoms with van der Waals surface area (Å²) < 4.78 is 5.32. The monoisotopic (exact) mass is 295 g/mol. The number of phenols is 2. The minimum atomic E-state index is -0.853. The molecule has 1 aliphatic heterocycles. The van der Waals surface area contributed by atoms with Crippen molar-refractivity contribution in [2.45, 2.75) is 25.9 Å². The lowest BCUT2D eigenvalue weighted by Crippen LogP contribution is -2.43. The molecule has 0 radical (unpaired) electrons. The summed E-state index contributed by atoms with van der Waals surface area (Å²) in [5, 5.41) is 28.5. The highest BCUT2D eigenvalue weighted by Crippen LogP contribution is 2.27. The zero-order valence-electron chi connectivity index (χ0n) is 12.0. The summed E-state index contributed by atoms with van der Waals surface area (Å²) in [5.74, 6) is -1.38. The van der Waals surface area contributed by atoms with E-state index in [2.05, 4.69) is 0 Å². The third-order valence-corrected chi connectivity index (χ3v) is 3.79. The quantitative estimate of drug-likeness (QED) is 0.735. The summed E-state index contributed by atoms with van der Waals surface area (Å²) in [6.07, 6.45) is 0.877. The molecule has 1 saturated heterocycles. The van der Waals surface area contributed by atoms with E-state index in [1.807, 2.05) is 11.8 Å². The van der Waals surface area contributed by atoms with Crippen LogP contribution in [0.2, 0.25) is 0 Å². The van der Waals surface area contributed by atoms with Crippen molar-refractivity contribution in [3.63, 3.8) is 0 Å². The van der Waals surface area contributed by atoms with Gasteiger partial charge in [-0.25, -0.2) is 0 Å². The van der Waals surface area contributed by atoms with E-state index < -0.39 is 11.9 Å². The van der Waals surface area contributed by atoms with Gasteiger partial charge < -0.3 is 20.1 Å². The van der Waals surface area contributed by atoms with Crippen molar-refractivity contribution in [1.82, 2.24) is 4.90 Å². The first-order valence-corrected chi connectivity index (χ1v) is 7.08. The number of hydrogen-bond acceptors (Lipinski definition) is 5. The van der Waals surface area contributed by atoms with E-state index >= 15 is 0 Å². The maximum atomic E-state index is 11.3. The number of nitrogens with zero attached hydrogens (tertiary/aromatic N) is 1. The molecule has 0 bridgehead atoms. The van der Waals surface area contributed by atoms with Crippen molar-refractivity contribution < 1.29 is 24.9 Å². The lowest BCUT2D eigenvalue weighted by molar-refractivity contribution is -0.143. The highest BCUT2D eigenvalue weighted by atomic mass is 16.5. The predicted molar refractivity (Wildman–Crippen MR) is 76.2 cm³/mol. The van der Waals surface area contributed by atoms with Crippen molar-refractivity contribution in [2.24, 2.45) is 5.92 Å². The first kappa shape index (κ1) is 15.6. The third-order valence-electron chi connectivity index (χ3n) is 3.79. The van der Waals surface area contributed by atoms with E-state index in [1.165, 1.54) is 12.1 Å². The van der Waals surface area contributed by atoms with E-state index in [-0.39, 0.29) is 24.1 Å². The highest BCUT2D eigenvalue weighted by molar-refractivity contribution is 5.71. The van der Waals surface area contributed by atoms with Crippen LogP contribution in [0.15, 0.2) is 18.2 Å². The maximum absolute atomic E-state index is 11.3. The van der Waals surface area contributed by atoms with Gasteiger partial charge >= 0.3 is 5.97 Å². The zero-order chi connectivity index (χ0) is 15.4. The van der Waals surface area contributed by atoms with E-state index in [9.17, 15) is 20.1 Å². The van der Waals surface area contributed by atoms with Gasteiger partial charge in [0, 0.05) is 24.2 Å². The molecule has 6 nitrogen and oxygen atoms in total. The number of carboxylic acid groups (broad SMARTS) is 1. The van der Waals surface area contributed by atoms with Gasteiger partial charge in [-0.05, 0) is 19.0 Å². The molecule has 1 aliphatic rings. The number of carbonyl (C=O) groups is 1. The summed E-state index contributed by atoms with van der Waals surface area (Å²) in [6, 6.07) is 4.26. The molecule has 0 saturated carbocycles. The zero-order valence-corrected chi connectivity index (χ0v) is 12.0. The molecular weight excluding hydrogens is 274 g/mol. The maximum Gasteiger partial charge on any atom is 0.310 e. The fourth-order valence-electron chi connectivity index (χ4n) is 2.69. The van der Waals surface area contributed by atoms with Crippen molar-refractivity contribution in [3.8, 4) is 11.5 Å². The summed E-state index contributed by atoms with van der Waals surface area (Å²) in [4.78, 5) is 13.3. The molecule has 0 aromatic heterocycles. The Morgan fingerprint density at radius 2 is 2.14 bits per heavy atom. The van der Waals surface area contributed by atoms with Crippen LogP contribution < -0.4 is 0 Å². The molecule has 1 fully saturated rings. The van der Waals surface area contributed by atoms with Gasteiger partial charge in [-0.15, -0.1) is 0 Å². The van der Waals surface area contributed by atoms with Crippen LogP contribution in [0.25, 0.3) is 0 Å². The van der Waals surface area contributed by atoms with E-state index in [1.54, 1.807) is 6.07 Å². The second-order valence-corrected chi connectivity index (χ2v) is 5.33. The molecule has 3 N–H and O–H groups in total. The predicted octanol–water partition coefficient (Wildman–Crippen LogP) is 1.41. The lowest BCUT2D eigenvalue weighted by atomic mass is 10.0. The van der Waals surface area contributed by atoms with E-state index in [4.69, 9.17) is 4.74 Å². The third kappa shape index (κ3) is 3.65. The number of hydrogen-bond donors (Lipinski definition) is 3. The minimum Gasteiger partial charge on any atom is -0.508 e. The van der Waals surface area contributed by atoms with Crippen LogP contribution in [0.5, 0.6) is 11.5 Å². The number of rotatable bonds is 6. The molecule has 21 heavy (non-hydrogen) atoms. The van der Waals surface area contributed by atoms with Crippen molar-refractivity contribution in [1.29, 1.82) is 0 Å². The number of benzene rings is 1. The van der Waals surface area contributed by atoms with Gasteiger partial charge in [0.2, 0.25) is 0 Å². The highest BCUT2D eigenvalue weighted by Gasteiger charge is 2.37. The topological polar surface area (TPSA) is 90.2 Å². The summed E-state index contributed by atoms with van der Waals surface area (Å²) >= 11 is 0. The average Bonchev–Trinajstić information content (AvgIpc) is 2.90. The Morgan fingerprint density at radius 1 is 1.38 bits per heavy atom. The van der Waals surface area contributed by atoms with Crippen molar-refractivity contribution >= 4 is 5.97 Å². The van der Waals surface area contributed by atoms with Crippen molar-refractivity contribution in [3.05, 3.63) is 23.8 Å². The van der Waals surface area contributed by atoms with Crippen LogP contribution in [-0.4, -0.2) is 52.0 Å². The van der Waals surface area contributed by atoms with Crippen LogP contribution >= 0.6 is 0 Å². The summed E-state index contributed by atoms with van der Waals surface area (Å²) in [7, 11) is 0. The number of phenolic OH excluding ortho intramolecular Hbond substituents is 2. The van der Waals surface area contributed by atoms with Crippen LogP contribution in [-0.2, 0) is 16.1 Å². The molecule has 116 valence electrons. The number of aromatic hydroxyl groups is 2. The molecule has 1 aromatic rings. The first-order valence-electron chi connectivity index (χ1n) is 7.08. The second-order valence-electron chi connectivity index (χ2n) is 5.33. The SMILES string of the molecule is CCCN(Cc1ccc(O)cc1O)C1COCC1C(=O)O. The normalized spacial score (nSPS) is 21.8. The van der Waals surface area contributed by atoms with E-state index in [0.717, 1.165) is 13.0 Å². The Balaban J connectivity index is 2.16. The number of ether oxygens (including phenoxy) is 1. The second kappa shape index (κ2) is 6.78. The molecule has 2 rings (SSSR count). The van der Waals surface area contributed by atoms with Gasteiger partial charge in [0.1, 0.15) is 11.5 Å². The molecular formula is C15H21NO5. The average molecular weight is 295 g/mol. The van der Waals surface area contributed by atoms with Gasteiger partial charge in [-0.2, -0.15) is 0 Å². The fourth-order valence-corrected chi connectivity index (χ4v) is 2.69. The molecule has 0 spiro atoms. The molecule has 0 amide bonds. The Bertz CT molecular complexity index is 505. The number of aliphatic carboxylic acids is 1. The minimum absolute atomic E-state index is 0.00547. The molecule has 1 heterocycles. The smallest absolute Gasteiger partial charge is 0.310 e. The Hall–Kier alpha value is -1.79. The van der Waals surface area contributed by atoms with Gasteiger partial charge in [-0.1, -0.05) is 13.0 Å². The van der Waals surface area contributed by atoms with Crippen molar-refractivity contribution in [2.75, 3.05) is 19.8 Å². The molecule has 2 atom stereocenters. The standard InChI is InChI=1S/C15H21NO5/c1-2-5-16(13-9-21-8-12(13)15(19)20)7-10-3-4-11(17)6-14(10)18/h3-4,6,12-13,17-18H,2,5,7-9H2,1H3,(H,19,20). The fraction of sp³-hybridized carbons (Fsp3) is 0.533. The van der Waals surface area contributed by atoms with E-state index in [0.29, 0.717) is 18.7 Å². The molecule has 6 heteroatoms. The van der Waals surface area contributed by atoms with Crippen LogP contribution in [0.1, 0.15) is 18.9 Å². The largest absolute Gasteiger partial charge is 0.508 e. The van der Waals surface area contributed by atoms with Gasteiger partial charge in [-0.3, -0.25) is 9.69 Å². The first-order chi connectivity index (χ1) is 10.0. The van der Waals surface area contributed by atoms with Crippen LogP contribution in [0.4, 0.5) is 0 Å². The van der Waals surface area contributed by atoms with Gasteiger partial charge in [0.25, 0.3) is 0 Å². The van der Waals surface area contributed by atoms with Gasteiger partial charge in [0.15, 0.2) is 0 Å². The molecule has 2 unspecified atom stereocenters. The molecule has 1 aromatic carbocycles. The number of carboxylic acids is 1. The Labute approximate surface area is 123 Å². The van der Waals surface area contributed by atoms with Crippen LogP contribution in [0, 0.1) is 5.92 Å². The Morgan fingerprint density at radius 3 is 2.76 bits per heavy atom. The lowest BCUT2D eigenvalue weighted by Gasteiger charge is -2.30. The summed E-state index contributed by atoms with van der Waals surface area (Å²) in [5.41, 5.74) is 0.664.